The van der Waals surface area contributed by atoms with Crippen molar-refractivity contribution in [1.29, 1.82) is 0 Å². The van der Waals surface area contributed by atoms with E-state index in [0.29, 0.717) is 13.0 Å². The summed E-state index contributed by atoms with van der Waals surface area (Å²) in [5, 5.41) is 0. The molecule has 0 saturated carbocycles. The molecule has 3 rings (SSSR count). The van der Waals surface area contributed by atoms with Gasteiger partial charge >= 0.3 is 0 Å². The molecule has 144 valence electrons. The summed E-state index contributed by atoms with van der Waals surface area (Å²) in [7, 11) is 0. The average Bonchev–Trinajstić information content (AvgIpc) is 2.71. The van der Waals surface area contributed by atoms with E-state index in [0.717, 1.165) is 51.3 Å². The zero-order valence-corrected chi connectivity index (χ0v) is 16.3. The number of ether oxygens (including phenoxy) is 1. The molecule has 1 aliphatic heterocycles. The molecule has 0 aromatic heterocycles. The van der Waals surface area contributed by atoms with Crippen molar-refractivity contribution in [1.82, 2.24) is 9.80 Å². The summed E-state index contributed by atoms with van der Waals surface area (Å²) in [5.41, 5.74) is 2.57. The van der Waals surface area contributed by atoms with Crippen LogP contribution < -0.4 is 4.74 Å². The van der Waals surface area contributed by atoms with Crippen LogP contribution in [0.1, 0.15) is 24.0 Å². The van der Waals surface area contributed by atoms with Gasteiger partial charge in [-0.05, 0) is 43.0 Å². The third kappa shape index (κ3) is 6.40. The minimum Gasteiger partial charge on any atom is -0.494 e. The van der Waals surface area contributed by atoms with Crippen LogP contribution >= 0.6 is 0 Å². The van der Waals surface area contributed by atoms with E-state index >= 15 is 0 Å². The standard InChI is InChI=1S/C23H30N2O2/c1-20-7-5-10-22(19-20)27-18-6-11-23(26)25-16-14-24(15-17-25)13-12-21-8-3-2-4-9-21/h2-5,7-10,19H,6,11-18H2,1H3. The second-order valence-corrected chi connectivity index (χ2v) is 7.23. The first kappa shape index (κ1) is 19.4. The minimum absolute atomic E-state index is 0.255. The predicted octanol–water partition coefficient (Wildman–Crippen LogP) is 3.54. The van der Waals surface area contributed by atoms with Gasteiger partial charge in [0.25, 0.3) is 0 Å². The molecule has 0 radical (unpaired) electrons. The number of nitrogens with zero attached hydrogens (tertiary/aromatic N) is 2. The SMILES string of the molecule is Cc1cccc(OCCCC(=O)N2CCN(CCc3ccccc3)CC2)c1. The number of carbonyl (C=O) groups is 1. The number of benzene rings is 2. The first-order chi connectivity index (χ1) is 13.2. The molecule has 0 atom stereocenters. The quantitative estimate of drug-likeness (QED) is 0.670. The maximum Gasteiger partial charge on any atom is 0.222 e. The van der Waals surface area contributed by atoms with E-state index in [1.165, 1.54) is 11.1 Å². The van der Waals surface area contributed by atoms with Crippen molar-refractivity contribution < 1.29 is 9.53 Å². The maximum absolute atomic E-state index is 12.4. The number of hydrogen-bond acceptors (Lipinski definition) is 3. The highest BCUT2D eigenvalue weighted by atomic mass is 16.5. The van der Waals surface area contributed by atoms with Crippen molar-refractivity contribution in [3.63, 3.8) is 0 Å². The Hall–Kier alpha value is -2.33. The molecule has 1 aliphatic rings. The molecule has 1 amide bonds. The molecule has 0 spiro atoms. The fraction of sp³-hybridized carbons (Fsp3) is 0.435. The Morgan fingerprint density at radius 3 is 2.52 bits per heavy atom. The van der Waals surface area contributed by atoms with E-state index in [4.69, 9.17) is 4.74 Å². The maximum atomic E-state index is 12.4. The van der Waals surface area contributed by atoms with Crippen LogP contribution in [0.4, 0.5) is 0 Å². The van der Waals surface area contributed by atoms with Gasteiger partial charge in [0, 0.05) is 39.1 Å². The van der Waals surface area contributed by atoms with E-state index < -0.39 is 0 Å². The van der Waals surface area contributed by atoms with Crippen molar-refractivity contribution in [3.05, 3.63) is 65.7 Å². The summed E-state index contributed by atoms with van der Waals surface area (Å²) in [6.45, 7) is 7.33. The van der Waals surface area contributed by atoms with Crippen molar-refractivity contribution in [3.8, 4) is 5.75 Å². The lowest BCUT2D eigenvalue weighted by Gasteiger charge is -2.34. The van der Waals surface area contributed by atoms with E-state index in [1.54, 1.807) is 0 Å². The van der Waals surface area contributed by atoms with Gasteiger partial charge in [-0.2, -0.15) is 0 Å². The van der Waals surface area contributed by atoms with Gasteiger partial charge in [0.1, 0.15) is 5.75 Å². The zero-order valence-electron chi connectivity index (χ0n) is 16.3. The van der Waals surface area contributed by atoms with Crippen LogP contribution in [0, 0.1) is 6.92 Å². The van der Waals surface area contributed by atoms with Crippen LogP contribution in [-0.2, 0) is 11.2 Å². The molecule has 0 unspecified atom stereocenters. The van der Waals surface area contributed by atoms with Crippen molar-refractivity contribution in [2.24, 2.45) is 0 Å². The van der Waals surface area contributed by atoms with Crippen LogP contribution in [0.3, 0.4) is 0 Å². The molecule has 0 N–H and O–H groups in total. The smallest absolute Gasteiger partial charge is 0.222 e. The Kier molecular flexibility index (Phi) is 7.28. The number of aryl methyl sites for hydroxylation is 1. The molecule has 0 bridgehead atoms. The Labute approximate surface area is 162 Å². The van der Waals surface area contributed by atoms with Crippen LogP contribution in [0.5, 0.6) is 5.75 Å². The predicted molar refractivity (Wildman–Crippen MR) is 109 cm³/mol. The number of piperazine rings is 1. The third-order valence-corrected chi connectivity index (χ3v) is 5.08. The summed E-state index contributed by atoms with van der Waals surface area (Å²) >= 11 is 0. The highest BCUT2D eigenvalue weighted by molar-refractivity contribution is 5.76. The van der Waals surface area contributed by atoms with Crippen molar-refractivity contribution in [2.75, 3.05) is 39.3 Å². The molecule has 2 aromatic rings. The van der Waals surface area contributed by atoms with Crippen LogP contribution in [0.2, 0.25) is 0 Å². The molecule has 1 heterocycles. The molecule has 1 saturated heterocycles. The average molecular weight is 367 g/mol. The van der Waals surface area contributed by atoms with Gasteiger partial charge in [0.05, 0.1) is 6.61 Å². The Morgan fingerprint density at radius 1 is 1.00 bits per heavy atom. The third-order valence-electron chi connectivity index (χ3n) is 5.08. The van der Waals surface area contributed by atoms with Gasteiger partial charge in [-0.25, -0.2) is 0 Å². The normalized spacial score (nSPS) is 14.9. The van der Waals surface area contributed by atoms with E-state index in [1.807, 2.05) is 23.1 Å². The second-order valence-electron chi connectivity index (χ2n) is 7.23. The molecule has 1 fully saturated rings. The van der Waals surface area contributed by atoms with Crippen molar-refractivity contribution in [2.45, 2.75) is 26.2 Å². The molecule has 0 aliphatic carbocycles. The first-order valence-corrected chi connectivity index (χ1v) is 9.94. The van der Waals surface area contributed by atoms with E-state index in [-0.39, 0.29) is 5.91 Å². The molecule has 2 aromatic carbocycles. The van der Waals surface area contributed by atoms with Gasteiger partial charge in [-0.15, -0.1) is 0 Å². The van der Waals surface area contributed by atoms with E-state index in [2.05, 4.69) is 48.2 Å². The lowest BCUT2D eigenvalue weighted by atomic mass is 10.1. The minimum atomic E-state index is 0.255. The molecule has 4 nitrogen and oxygen atoms in total. The Bertz CT molecular complexity index is 709. The van der Waals surface area contributed by atoms with E-state index in [9.17, 15) is 4.79 Å². The van der Waals surface area contributed by atoms with Gasteiger partial charge in [0.15, 0.2) is 0 Å². The molecule has 4 heteroatoms. The zero-order chi connectivity index (χ0) is 18.9. The fourth-order valence-corrected chi connectivity index (χ4v) is 3.43. The summed E-state index contributed by atoms with van der Waals surface area (Å²) in [6.07, 6.45) is 2.40. The Balaban J connectivity index is 1.30. The lowest BCUT2D eigenvalue weighted by molar-refractivity contribution is -0.133. The monoisotopic (exact) mass is 366 g/mol. The van der Waals surface area contributed by atoms with Gasteiger partial charge < -0.3 is 9.64 Å². The topological polar surface area (TPSA) is 32.8 Å². The first-order valence-electron chi connectivity index (χ1n) is 9.94. The summed E-state index contributed by atoms with van der Waals surface area (Å²) < 4.78 is 5.74. The molecular formula is C23H30N2O2. The van der Waals surface area contributed by atoms with Gasteiger partial charge in [-0.3, -0.25) is 9.69 Å². The lowest BCUT2D eigenvalue weighted by Crippen LogP contribution is -2.49. The molecule has 27 heavy (non-hydrogen) atoms. The van der Waals surface area contributed by atoms with Gasteiger partial charge in [-0.1, -0.05) is 42.5 Å². The highest BCUT2D eigenvalue weighted by Gasteiger charge is 2.20. The van der Waals surface area contributed by atoms with Crippen LogP contribution in [0.15, 0.2) is 54.6 Å². The number of hydrogen-bond donors (Lipinski definition) is 0. The fourth-order valence-electron chi connectivity index (χ4n) is 3.43. The summed E-state index contributed by atoms with van der Waals surface area (Å²) in [6, 6.07) is 18.6. The number of rotatable bonds is 8. The highest BCUT2D eigenvalue weighted by Crippen LogP contribution is 2.13. The Morgan fingerprint density at radius 2 is 1.78 bits per heavy atom. The summed E-state index contributed by atoms with van der Waals surface area (Å²) in [4.78, 5) is 16.9. The van der Waals surface area contributed by atoms with Gasteiger partial charge in [0.2, 0.25) is 5.91 Å². The number of amides is 1. The van der Waals surface area contributed by atoms with Crippen LogP contribution in [0.25, 0.3) is 0 Å². The molecular weight excluding hydrogens is 336 g/mol. The summed E-state index contributed by atoms with van der Waals surface area (Å²) in [5.74, 6) is 1.14. The van der Waals surface area contributed by atoms with Crippen molar-refractivity contribution >= 4 is 5.91 Å². The number of carbonyl (C=O) groups excluding carboxylic acids is 1. The second kappa shape index (κ2) is 10.1. The van der Waals surface area contributed by atoms with Crippen LogP contribution in [-0.4, -0.2) is 55.0 Å². The largest absolute Gasteiger partial charge is 0.494 e.